The first-order chi connectivity index (χ1) is 12.1. The topological polar surface area (TPSA) is 74.9 Å². The number of aliphatic hydroxyl groups excluding tert-OH is 1. The fourth-order valence-corrected chi connectivity index (χ4v) is 2.71. The molecule has 7 heteroatoms. The molecule has 2 heterocycles. The minimum atomic E-state index is -1.11. The summed E-state index contributed by atoms with van der Waals surface area (Å²) in [7, 11) is 0. The van der Waals surface area contributed by atoms with Gasteiger partial charge in [-0.05, 0) is 12.1 Å². The number of amides is 1. The molecular formula is C18H21FN2O4. The Balaban J connectivity index is 1.52. The molecule has 1 aliphatic rings. The molecule has 1 amide bonds. The van der Waals surface area contributed by atoms with Crippen LogP contribution in [0.5, 0.6) is 0 Å². The number of morpholine rings is 1. The Morgan fingerprint density at radius 1 is 1.32 bits per heavy atom. The smallest absolute Gasteiger partial charge is 0.254 e. The summed E-state index contributed by atoms with van der Waals surface area (Å²) in [6.07, 6.45) is 0.283. The molecule has 0 spiro atoms. The zero-order valence-electron chi connectivity index (χ0n) is 13.8. The second-order valence-electron chi connectivity index (χ2n) is 5.94. The molecule has 2 aromatic rings. The highest BCUT2D eigenvalue weighted by molar-refractivity contribution is 5.93. The molecule has 0 bridgehead atoms. The average molecular weight is 348 g/mol. The van der Waals surface area contributed by atoms with Gasteiger partial charge in [-0.25, -0.2) is 4.39 Å². The fourth-order valence-electron chi connectivity index (χ4n) is 2.71. The molecular weight excluding hydrogens is 327 g/mol. The zero-order valence-corrected chi connectivity index (χ0v) is 13.8. The third-order valence-electron chi connectivity index (χ3n) is 4.12. The van der Waals surface area contributed by atoms with E-state index in [0.717, 1.165) is 13.1 Å². The Kier molecular flexibility index (Phi) is 5.80. The summed E-state index contributed by atoms with van der Waals surface area (Å²) in [5, 5.41) is 12.6. The number of benzene rings is 1. The maximum atomic E-state index is 13.6. The fraction of sp³-hybridized carbons (Fsp3) is 0.389. The number of furan rings is 1. The van der Waals surface area contributed by atoms with Crippen molar-refractivity contribution in [1.29, 1.82) is 0 Å². The Labute approximate surface area is 145 Å². The number of carbonyl (C=O) groups is 1. The predicted molar refractivity (Wildman–Crippen MR) is 88.5 cm³/mol. The van der Waals surface area contributed by atoms with Gasteiger partial charge in [-0.1, -0.05) is 18.2 Å². The molecule has 1 atom stereocenters. The maximum absolute atomic E-state index is 13.6. The summed E-state index contributed by atoms with van der Waals surface area (Å²) in [5.74, 6) is -0.172. The highest BCUT2D eigenvalue weighted by Gasteiger charge is 2.17. The van der Waals surface area contributed by atoms with E-state index in [1.165, 1.54) is 18.4 Å². The number of rotatable bonds is 6. The number of aliphatic hydroxyl groups is 1. The molecule has 0 aliphatic carbocycles. The van der Waals surface area contributed by atoms with Crippen molar-refractivity contribution in [1.82, 2.24) is 10.2 Å². The number of carbonyl (C=O) groups excluding carboxylic acids is 1. The first-order valence-electron chi connectivity index (χ1n) is 8.21. The lowest BCUT2D eigenvalue weighted by Gasteiger charge is -2.25. The first kappa shape index (κ1) is 17.6. The van der Waals surface area contributed by atoms with E-state index in [0.29, 0.717) is 31.1 Å². The lowest BCUT2D eigenvalue weighted by atomic mass is 10.1. The van der Waals surface area contributed by atoms with Gasteiger partial charge in [0, 0.05) is 25.2 Å². The van der Waals surface area contributed by atoms with E-state index >= 15 is 0 Å². The Morgan fingerprint density at radius 3 is 2.84 bits per heavy atom. The van der Waals surface area contributed by atoms with Gasteiger partial charge in [0.25, 0.3) is 5.91 Å². The molecule has 0 saturated carbocycles. The SMILES string of the molecule is O=C(NC[C@@H](O)c1ccccc1F)c1coc(CN2CCOCC2)c1. The van der Waals surface area contributed by atoms with E-state index < -0.39 is 11.9 Å². The van der Waals surface area contributed by atoms with Crippen molar-refractivity contribution >= 4 is 5.91 Å². The van der Waals surface area contributed by atoms with Crippen molar-refractivity contribution in [2.24, 2.45) is 0 Å². The van der Waals surface area contributed by atoms with Gasteiger partial charge in [0.05, 0.1) is 31.4 Å². The van der Waals surface area contributed by atoms with Gasteiger partial charge >= 0.3 is 0 Å². The first-order valence-corrected chi connectivity index (χ1v) is 8.21. The number of hydrogen-bond donors (Lipinski definition) is 2. The quantitative estimate of drug-likeness (QED) is 0.831. The van der Waals surface area contributed by atoms with E-state index in [1.807, 2.05) is 0 Å². The van der Waals surface area contributed by atoms with Crippen LogP contribution in [0.25, 0.3) is 0 Å². The van der Waals surface area contributed by atoms with E-state index in [9.17, 15) is 14.3 Å². The lowest BCUT2D eigenvalue weighted by molar-refractivity contribution is 0.0313. The van der Waals surface area contributed by atoms with Gasteiger partial charge in [-0.15, -0.1) is 0 Å². The number of ether oxygens (including phenoxy) is 1. The number of halogens is 1. The van der Waals surface area contributed by atoms with Crippen LogP contribution >= 0.6 is 0 Å². The Hall–Kier alpha value is -2.22. The zero-order chi connectivity index (χ0) is 17.6. The van der Waals surface area contributed by atoms with E-state index in [1.54, 1.807) is 18.2 Å². The summed E-state index contributed by atoms with van der Waals surface area (Å²) >= 11 is 0. The second-order valence-corrected chi connectivity index (χ2v) is 5.94. The summed E-state index contributed by atoms with van der Waals surface area (Å²) in [6.45, 7) is 3.59. The third kappa shape index (κ3) is 4.66. The molecule has 1 saturated heterocycles. The second kappa shape index (κ2) is 8.24. The van der Waals surface area contributed by atoms with Gasteiger partial charge in [-0.2, -0.15) is 0 Å². The molecule has 6 nitrogen and oxygen atoms in total. The number of hydrogen-bond acceptors (Lipinski definition) is 5. The van der Waals surface area contributed by atoms with Crippen molar-refractivity contribution in [3.8, 4) is 0 Å². The normalized spacial score (nSPS) is 16.6. The van der Waals surface area contributed by atoms with Crippen LogP contribution in [-0.2, 0) is 11.3 Å². The van der Waals surface area contributed by atoms with Crippen LogP contribution in [0.1, 0.15) is 27.8 Å². The molecule has 1 aliphatic heterocycles. The van der Waals surface area contributed by atoms with Gasteiger partial charge in [0.15, 0.2) is 0 Å². The van der Waals surface area contributed by atoms with Crippen LogP contribution in [0.4, 0.5) is 4.39 Å². The standard InChI is InChI=1S/C18H21FN2O4/c19-16-4-2-1-3-15(16)17(22)10-20-18(23)13-9-14(25-12-13)11-21-5-7-24-8-6-21/h1-4,9,12,17,22H,5-8,10-11H2,(H,20,23)/t17-/m1/s1. The predicted octanol–water partition coefficient (Wildman–Crippen LogP) is 1.71. The minimum absolute atomic E-state index is 0.0796. The summed E-state index contributed by atoms with van der Waals surface area (Å²) in [5.41, 5.74) is 0.534. The van der Waals surface area contributed by atoms with Crippen LogP contribution in [0.2, 0.25) is 0 Å². The van der Waals surface area contributed by atoms with Crippen LogP contribution in [0, 0.1) is 5.82 Å². The molecule has 134 valence electrons. The number of nitrogens with one attached hydrogen (secondary N) is 1. The van der Waals surface area contributed by atoms with Gasteiger partial charge in [0.1, 0.15) is 17.8 Å². The monoisotopic (exact) mass is 348 g/mol. The Morgan fingerprint density at radius 2 is 2.08 bits per heavy atom. The lowest BCUT2D eigenvalue weighted by Crippen LogP contribution is -2.35. The van der Waals surface area contributed by atoms with Crippen LogP contribution < -0.4 is 5.32 Å². The van der Waals surface area contributed by atoms with Gasteiger partial charge < -0.3 is 19.6 Å². The summed E-state index contributed by atoms with van der Waals surface area (Å²) in [4.78, 5) is 14.3. The average Bonchev–Trinajstić information content (AvgIpc) is 3.09. The van der Waals surface area contributed by atoms with Crippen molar-refractivity contribution in [3.63, 3.8) is 0 Å². The van der Waals surface area contributed by atoms with E-state index in [-0.39, 0.29) is 18.0 Å². The van der Waals surface area contributed by atoms with Gasteiger partial charge in [0.2, 0.25) is 0 Å². The Bertz CT molecular complexity index is 713. The van der Waals surface area contributed by atoms with Crippen molar-refractivity contribution in [2.45, 2.75) is 12.6 Å². The molecule has 1 aromatic heterocycles. The van der Waals surface area contributed by atoms with Crippen molar-refractivity contribution in [3.05, 3.63) is 59.3 Å². The molecule has 1 fully saturated rings. The molecule has 25 heavy (non-hydrogen) atoms. The highest BCUT2D eigenvalue weighted by Crippen LogP contribution is 2.16. The summed E-state index contributed by atoms with van der Waals surface area (Å²) < 4.78 is 24.3. The van der Waals surface area contributed by atoms with Crippen molar-refractivity contribution in [2.75, 3.05) is 32.8 Å². The molecule has 1 aromatic carbocycles. The molecule has 0 unspecified atom stereocenters. The van der Waals surface area contributed by atoms with E-state index in [2.05, 4.69) is 10.2 Å². The summed E-state index contributed by atoms with van der Waals surface area (Å²) in [6, 6.07) is 7.63. The highest BCUT2D eigenvalue weighted by atomic mass is 19.1. The molecule has 3 rings (SSSR count). The number of nitrogens with zero attached hydrogens (tertiary/aromatic N) is 1. The van der Waals surface area contributed by atoms with Crippen LogP contribution in [0.3, 0.4) is 0 Å². The molecule has 2 N–H and O–H groups in total. The van der Waals surface area contributed by atoms with Gasteiger partial charge in [-0.3, -0.25) is 9.69 Å². The van der Waals surface area contributed by atoms with Crippen LogP contribution in [0.15, 0.2) is 41.0 Å². The molecule has 0 radical (unpaired) electrons. The van der Waals surface area contributed by atoms with E-state index in [4.69, 9.17) is 9.15 Å². The largest absolute Gasteiger partial charge is 0.467 e. The van der Waals surface area contributed by atoms with Crippen molar-refractivity contribution < 1.29 is 23.4 Å². The minimum Gasteiger partial charge on any atom is -0.467 e. The van der Waals surface area contributed by atoms with Crippen LogP contribution in [-0.4, -0.2) is 48.8 Å². The third-order valence-corrected chi connectivity index (χ3v) is 4.12. The maximum Gasteiger partial charge on any atom is 0.254 e.